The van der Waals surface area contributed by atoms with Gasteiger partial charge in [-0.3, -0.25) is 0 Å². The Hall–Kier alpha value is -1.29. The van der Waals surface area contributed by atoms with Gasteiger partial charge in [0.25, 0.3) is 0 Å². The molecule has 106 valence electrons. The fraction of sp³-hybridized carbons (Fsp3) is 0.600. The third-order valence-electron chi connectivity index (χ3n) is 4.02. The van der Waals surface area contributed by atoms with E-state index in [4.69, 9.17) is 4.74 Å². The zero-order valence-corrected chi connectivity index (χ0v) is 11.9. The summed E-state index contributed by atoms with van der Waals surface area (Å²) in [6.45, 7) is 4.51. The van der Waals surface area contributed by atoms with Crippen molar-refractivity contribution in [3.63, 3.8) is 0 Å². The molecule has 1 fully saturated rings. The van der Waals surface area contributed by atoms with Crippen LogP contribution in [-0.2, 0) is 0 Å². The van der Waals surface area contributed by atoms with Crippen LogP contribution < -0.4 is 10.1 Å². The number of methoxy groups -OCH3 is 1. The van der Waals surface area contributed by atoms with Gasteiger partial charge in [0.05, 0.1) is 7.11 Å². The third-order valence-corrected chi connectivity index (χ3v) is 4.02. The predicted molar refractivity (Wildman–Crippen MR) is 76.3 cm³/mol. The molecule has 1 aliphatic heterocycles. The van der Waals surface area contributed by atoms with Gasteiger partial charge in [-0.15, -0.1) is 0 Å². The number of nitrogens with zero attached hydrogens (tertiary/aromatic N) is 1. The molecule has 1 saturated heterocycles. The maximum absolute atomic E-state index is 13.3. The molecular weight excluding hydrogens is 243 g/mol. The Kier molecular flexibility index (Phi) is 4.64. The molecule has 1 aromatic rings. The summed E-state index contributed by atoms with van der Waals surface area (Å²) in [5, 5.41) is 3.46. The molecule has 1 unspecified atom stereocenters. The fourth-order valence-electron chi connectivity index (χ4n) is 2.66. The van der Waals surface area contributed by atoms with E-state index in [-0.39, 0.29) is 5.82 Å². The molecule has 0 bridgehead atoms. The smallest absolute Gasteiger partial charge is 0.165 e. The SMILES string of the molecule is COc1cc(NC(C)C2CCN(C)CC2)ccc1F. The van der Waals surface area contributed by atoms with Crippen molar-refractivity contribution in [1.29, 1.82) is 0 Å². The Morgan fingerprint density at radius 3 is 2.68 bits per heavy atom. The molecule has 0 aromatic heterocycles. The van der Waals surface area contributed by atoms with Crippen molar-refractivity contribution in [2.45, 2.75) is 25.8 Å². The van der Waals surface area contributed by atoms with E-state index < -0.39 is 0 Å². The summed E-state index contributed by atoms with van der Waals surface area (Å²) < 4.78 is 18.4. The summed E-state index contributed by atoms with van der Waals surface area (Å²) in [6, 6.07) is 5.33. The number of anilines is 1. The van der Waals surface area contributed by atoms with Crippen molar-refractivity contribution in [1.82, 2.24) is 4.90 Å². The lowest BCUT2D eigenvalue weighted by atomic mass is 9.90. The molecule has 0 aliphatic carbocycles. The van der Waals surface area contributed by atoms with Crippen LogP contribution in [0.25, 0.3) is 0 Å². The first-order valence-electron chi connectivity index (χ1n) is 6.88. The molecular formula is C15H23FN2O. The van der Waals surface area contributed by atoms with Gasteiger partial charge in [0, 0.05) is 17.8 Å². The highest BCUT2D eigenvalue weighted by Gasteiger charge is 2.22. The zero-order chi connectivity index (χ0) is 13.8. The molecule has 0 saturated carbocycles. The predicted octanol–water partition coefficient (Wildman–Crippen LogP) is 2.98. The van der Waals surface area contributed by atoms with E-state index in [0.29, 0.717) is 17.7 Å². The van der Waals surface area contributed by atoms with Crippen LogP contribution in [-0.4, -0.2) is 38.2 Å². The van der Waals surface area contributed by atoms with Gasteiger partial charge in [0.15, 0.2) is 11.6 Å². The highest BCUT2D eigenvalue weighted by atomic mass is 19.1. The Balaban J connectivity index is 1.96. The van der Waals surface area contributed by atoms with Gasteiger partial charge in [0.2, 0.25) is 0 Å². The van der Waals surface area contributed by atoms with Crippen LogP contribution in [0.15, 0.2) is 18.2 Å². The lowest BCUT2D eigenvalue weighted by Gasteiger charge is -2.33. The van der Waals surface area contributed by atoms with Crippen LogP contribution in [0.5, 0.6) is 5.75 Å². The number of hydrogen-bond acceptors (Lipinski definition) is 3. The summed E-state index contributed by atoms with van der Waals surface area (Å²) in [5.41, 5.74) is 0.921. The second-order valence-corrected chi connectivity index (χ2v) is 5.42. The van der Waals surface area contributed by atoms with Crippen molar-refractivity contribution in [3.05, 3.63) is 24.0 Å². The van der Waals surface area contributed by atoms with Crippen molar-refractivity contribution in [3.8, 4) is 5.75 Å². The molecule has 1 N–H and O–H groups in total. The molecule has 1 atom stereocenters. The van der Waals surface area contributed by atoms with E-state index in [0.717, 1.165) is 18.8 Å². The van der Waals surface area contributed by atoms with Crippen LogP contribution in [0.3, 0.4) is 0 Å². The Morgan fingerprint density at radius 2 is 2.05 bits per heavy atom. The molecule has 0 amide bonds. The molecule has 0 radical (unpaired) electrons. The monoisotopic (exact) mass is 266 g/mol. The van der Waals surface area contributed by atoms with Crippen molar-refractivity contribution < 1.29 is 9.13 Å². The molecule has 1 aliphatic rings. The first-order chi connectivity index (χ1) is 9.10. The van der Waals surface area contributed by atoms with Crippen LogP contribution in [0.4, 0.5) is 10.1 Å². The van der Waals surface area contributed by atoms with Gasteiger partial charge in [0.1, 0.15) is 0 Å². The zero-order valence-electron chi connectivity index (χ0n) is 11.9. The minimum atomic E-state index is -0.319. The highest BCUT2D eigenvalue weighted by molar-refractivity contribution is 5.49. The van der Waals surface area contributed by atoms with Crippen molar-refractivity contribution in [2.75, 3.05) is 32.6 Å². The van der Waals surface area contributed by atoms with E-state index >= 15 is 0 Å². The summed E-state index contributed by atoms with van der Waals surface area (Å²) in [7, 11) is 3.65. The molecule has 0 spiro atoms. The van der Waals surface area contributed by atoms with Crippen LogP contribution in [0.1, 0.15) is 19.8 Å². The number of ether oxygens (including phenoxy) is 1. The van der Waals surface area contributed by atoms with E-state index in [9.17, 15) is 4.39 Å². The second kappa shape index (κ2) is 6.24. The van der Waals surface area contributed by atoms with Crippen LogP contribution in [0, 0.1) is 11.7 Å². The van der Waals surface area contributed by atoms with E-state index in [1.165, 1.54) is 26.0 Å². The molecule has 1 aromatic carbocycles. The van der Waals surface area contributed by atoms with Crippen LogP contribution >= 0.6 is 0 Å². The quantitative estimate of drug-likeness (QED) is 0.906. The lowest BCUT2D eigenvalue weighted by Crippen LogP contribution is -2.37. The number of nitrogens with one attached hydrogen (secondary N) is 1. The number of benzene rings is 1. The summed E-state index contributed by atoms with van der Waals surface area (Å²) >= 11 is 0. The summed E-state index contributed by atoms with van der Waals surface area (Å²) in [6.07, 6.45) is 2.42. The largest absolute Gasteiger partial charge is 0.494 e. The maximum atomic E-state index is 13.3. The fourth-order valence-corrected chi connectivity index (χ4v) is 2.66. The number of piperidine rings is 1. The van der Waals surface area contributed by atoms with Gasteiger partial charge >= 0.3 is 0 Å². The molecule has 3 nitrogen and oxygen atoms in total. The number of rotatable bonds is 4. The number of likely N-dealkylation sites (tertiary alicyclic amines) is 1. The topological polar surface area (TPSA) is 24.5 Å². The molecule has 1 heterocycles. The number of hydrogen-bond donors (Lipinski definition) is 1. The van der Waals surface area contributed by atoms with Crippen molar-refractivity contribution >= 4 is 5.69 Å². The standard InChI is InChI=1S/C15H23FN2O/c1-11(12-6-8-18(2)9-7-12)17-13-4-5-14(16)15(10-13)19-3/h4-5,10-12,17H,6-9H2,1-3H3. The van der Waals surface area contributed by atoms with Crippen molar-refractivity contribution in [2.24, 2.45) is 5.92 Å². The summed E-state index contributed by atoms with van der Waals surface area (Å²) in [5.74, 6) is 0.646. The normalized spacial score (nSPS) is 19.2. The van der Waals surface area contributed by atoms with Gasteiger partial charge in [-0.05, 0) is 58.0 Å². The minimum absolute atomic E-state index is 0.292. The van der Waals surface area contributed by atoms with Gasteiger partial charge in [-0.1, -0.05) is 0 Å². The first-order valence-corrected chi connectivity index (χ1v) is 6.88. The van der Waals surface area contributed by atoms with Crippen LogP contribution in [0.2, 0.25) is 0 Å². The molecule has 2 rings (SSSR count). The van der Waals surface area contributed by atoms with E-state index in [2.05, 4.69) is 24.2 Å². The lowest BCUT2D eigenvalue weighted by molar-refractivity contribution is 0.208. The Morgan fingerprint density at radius 1 is 1.37 bits per heavy atom. The van der Waals surface area contributed by atoms with E-state index in [1.54, 1.807) is 12.1 Å². The highest BCUT2D eigenvalue weighted by Crippen LogP contribution is 2.25. The third kappa shape index (κ3) is 3.60. The Bertz CT molecular complexity index is 417. The molecule has 4 heteroatoms. The van der Waals surface area contributed by atoms with Gasteiger partial charge in [-0.2, -0.15) is 0 Å². The number of halogens is 1. The Labute approximate surface area is 114 Å². The first kappa shape index (κ1) is 14.1. The summed E-state index contributed by atoms with van der Waals surface area (Å²) in [4.78, 5) is 2.37. The van der Waals surface area contributed by atoms with Gasteiger partial charge < -0.3 is 15.0 Å². The molecule has 19 heavy (non-hydrogen) atoms. The van der Waals surface area contributed by atoms with Gasteiger partial charge in [-0.25, -0.2) is 4.39 Å². The average Bonchev–Trinajstić information content (AvgIpc) is 2.41. The average molecular weight is 266 g/mol. The minimum Gasteiger partial charge on any atom is -0.494 e. The second-order valence-electron chi connectivity index (χ2n) is 5.42. The van der Waals surface area contributed by atoms with E-state index in [1.807, 2.05) is 0 Å². The maximum Gasteiger partial charge on any atom is 0.165 e.